The van der Waals surface area contributed by atoms with E-state index in [1.165, 1.54) is 15.9 Å². The van der Waals surface area contributed by atoms with Gasteiger partial charge in [0.25, 0.3) is 5.56 Å². The Morgan fingerprint density at radius 3 is 2.85 bits per heavy atom. The molecule has 0 aliphatic carbocycles. The molecule has 1 aliphatic heterocycles. The van der Waals surface area contributed by atoms with E-state index >= 15 is 0 Å². The van der Waals surface area contributed by atoms with E-state index in [-0.39, 0.29) is 17.7 Å². The molecule has 1 unspecified atom stereocenters. The summed E-state index contributed by atoms with van der Waals surface area (Å²) in [6.07, 6.45) is 0.100. The van der Waals surface area contributed by atoms with Crippen molar-refractivity contribution in [1.82, 2.24) is 14.5 Å². The predicted octanol–water partition coefficient (Wildman–Crippen LogP) is 4.60. The summed E-state index contributed by atoms with van der Waals surface area (Å²) in [6.45, 7) is 8.54. The van der Waals surface area contributed by atoms with E-state index in [1.54, 1.807) is 25.1 Å². The molecule has 7 nitrogen and oxygen atoms in total. The SMILES string of the molecule is Cc1nc2sc3c(=O)n(-c4cccc(Cl)c4)c(NCC(C)O)nc3c2c2c1COC(C)(C)C2. The molecule has 0 bridgehead atoms. The average molecular weight is 485 g/mol. The van der Waals surface area contributed by atoms with Gasteiger partial charge in [-0.2, -0.15) is 0 Å². The Balaban J connectivity index is 1.85. The van der Waals surface area contributed by atoms with Crippen molar-refractivity contribution in [1.29, 1.82) is 0 Å². The molecule has 172 valence electrons. The first-order chi connectivity index (χ1) is 15.6. The summed E-state index contributed by atoms with van der Waals surface area (Å²) >= 11 is 7.58. The topological polar surface area (TPSA) is 89.3 Å². The fraction of sp³-hybridized carbons (Fsp3) is 0.375. The normalized spacial score (nSPS) is 16.2. The molecule has 33 heavy (non-hydrogen) atoms. The number of aliphatic hydroxyl groups is 1. The summed E-state index contributed by atoms with van der Waals surface area (Å²) in [5.41, 5.74) is 3.86. The summed E-state index contributed by atoms with van der Waals surface area (Å²) in [5, 5.41) is 14.4. The largest absolute Gasteiger partial charge is 0.392 e. The van der Waals surface area contributed by atoms with Gasteiger partial charge in [-0.25, -0.2) is 14.5 Å². The molecule has 0 saturated carbocycles. The molecule has 0 amide bonds. The van der Waals surface area contributed by atoms with E-state index in [1.807, 2.05) is 13.0 Å². The van der Waals surface area contributed by atoms with Crippen LogP contribution in [0.4, 0.5) is 5.95 Å². The highest BCUT2D eigenvalue weighted by molar-refractivity contribution is 7.25. The van der Waals surface area contributed by atoms with E-state index < -0.39 is 6.10 Å². The maximum absolute atomic E-state index is 13.8. The summed E-state index contributed by atoms with van der Waals surface area (Å²) in [5.74, 6) is 0.357. The molecule has 9 heteroatoms. The first-order valence-corrected chi connectivity index (χ1v) is 12.0. The van der Waals surface area contributed by atoms with Crippen LogP contribution in [0.15, 0.2) is 29.1 Å². The third-order valence-corrected chi connectivity index (χ3v) is 7.19. The minimum Gasteiger partial charge on any atom is -0.392 e. The summed E-state index contributed by atoms with van der Waals surface area (Å²) < 4.78 is 8.09. The number of fused-ring (bicyclic) bond motifs is 5. The van der Waals surface area contributed by atoms with Crippen LogP contribution in [0.25, 0.3) is 26.1 Å². The van der Waals surface area contributed by atoms with Crippen molar-refractivity contribution in [3.05, 3.63) is 56.5 Å². The Kier molecular flexibility index (Phi) is 5.44. The molecule has 4 heterocycles. The van der Waals surface area contributed by atoms with Crippen molar-refractivity contribution in [3.63, 3.8) is 0 Å². The average Bonchev–Trinajstić information content (AvgIpc) is 3.10. The highest BCUT2D eigenvalue weighted by atomic mass is 35.5. The molecule has 1 aliphatic rings. The molecule has 4 aromatic rings. The number of benzene rings is 1. The lowest BCUT2D eigenvalue weighted by molar-refractivity contribution is -0.0400. The van der Waals surface area contributed by atoms with Crippen molar-refractivity contribution in [3.8, 4) is 5.69 Å². The van der Waals surface area contributed by atoms with Crippen LogP contribution in [0.2, 0.25) is 5.02 Å². The Bertz CT molecular complexity index is 1460. The van der Waals surface area contributed by atoms with Crippen LogP contribution in [-0.4, -0.2) is 37.9 Å². The highest BCUT2D eigenvalue weighted by Gasteiger charge is 2.31. The first kappa shape index (κ1) is 22.3. The van der Waals surface area contributed by atoms with Crippen LogP contribution >= 0.6 is 22.9 Å². The molecule has 3 aromatic heterocycles. The number of halogens is 1. The molecule has 0 radical (unpaired) electrons. The standard InChI is InChI=1S/C24H25ClN4O3S/c1-12(30)10-26-23-28-19-18-16-9-24(3,4)32-11-17(16)13(2)27-21(18)33-20(19)22(31)29(23)15-7-5-6-14(25)8-15/h5-8,12,30H,9-11H2,1-4H3,(H,26,28). The zero-order valence-corrected chi connectivity index (χ0v) is 20.5. The molecule has 0 spiro atoms. The van der Waals surface area contributed by atoms with Crippen LogP contribution in [-0.2, 0) is 17.8 Å². The van der Waals surface area contributed by atoms with Gasteiger partial charge in [0.1, 0.15) is 15.0 Å². The van der Waals surface area contributed by atoms with Gasteiger partial charge in [-0.1, -0.05) is 17.7 Å². The summed E-state index contributed by atoms with van der Waals surface area (Å²) in [7, 11) is 0. The Labute approximate surface area is 200 Å². The Morgan fingerprint density at radius 1 is 1.33 bits per heavy atom. The molecule has 1 atom stereocenters. The predicted molar refractivity (Wildman–Crippen MR) is 133 cm³/mol. The Hall–Kier alpha value is -2.52. The smallest absolute Gasteiger partial charge is 0.277 e. The fourth-order valence-corrected chi connectivity index (χ4v) is 5.60. The Morgan fingerprint density at radius 2 is 2.12 bits per heavy atom. The van der Waals surface area contributed by atoms with E-state index in [0.29, 0.717) is 39.9 Å². The minimum atomic E-state index is -0.611. The molecular weight excluding hydrogens is 460 g/mol. The number of ether oxygens (including phenoxy) is 1. The second kappa shape index (κ2) is 8.06. The van der Waals surface area contributed by atoms with Gasteiger partial charge in [0.2, 0.25) is 5.95 Å². The monoisotopic (exact) mass is 484 g/mol. The van der Waals surface area contributed by atoms with E-state index in [0.717, 1.165) is 27.0 Å². The van der Waals surface area contributed by atoms with Crippen LogP contribution < -0.4 is 10.9 Å². The van der Waals surface area contributed by atoms with Gasteiger partial charge < -0.3 is 15.2 Å². The van der Waals surface area contributed by atoms with Crippen LogP contribution in [0.5, 0.6) is 0 Å². The zero-order valence-electron chi connectivity index (χ0n) is 18.9. The number of aromatic nitrogens is 3. The van der Waals surface area contributed by atoms with Gasteiger partial charge in [0.05, 0.1) is 24.0 Å². The second-order valence-corrected chi connectivity index (χ2v) is 10.6. The lowest BCUT2D eigenvalue weighted by atomic mass is 9.89. The molecule has 0 fully saturated rings. The summed E-state index contributed by atoms with van der Waals surface area (Å²) in [6, 6.07) is 7.08. The molecule has 5 rings (SSSR count). The van der Waals surface area contributed by atoms with Crippen LogP contribution in [0.3, 0.4) is 0 Å². The molecular formula is C24H25ClN4O3S. The number of hydrogen-bond acceptors (Lipinski definition) is 7. The maximum atomic E-state index is 13.8. The first-order valence-electron chi connectivity index (χ1n) is 10.8. The van der Waals surface area contributed by atoms with E-state index in [9.17, 15) is 9.90 Å². The van der Waals surface area contributed by atoms with Gasteiger partial charge in [0, 0.05) is 34.6 Å². The van der Waals surface area contributed by atoms with Crippen molar-refractivity contribution in [2.24, 2.45) is 0 Å². The molecule has 2 N–H and O–H groups in total. The van der Waals surface area contributed by atoms with Gasteiger partial charge in [-0.15, -0.1) is 11.3 Å². The number of aliphatic hydroxyl groups excluding tert-OH is 1. The minimum absolute atomic E-state index is 0.198. The third-order valence-electron chi connectivity index (χ3n) is 5.90. The maximum Gasteiger partial charge on any atom is 0.277 e. The van der Waals surface area contributed by atoms with Crippen LogP contribution in [0.1, 0.15) is 37.6 Å². The van der Waals surface area contributed by atoms with Crippen LogP contribution in [0, 0.1) is 6.92 Å². The number of rotatable bonds is 4. The number of aryl methyl sites for hydroxylation is 1. The molecule has 0 saturated heterocycles. The van der Waals surface area contributed by atoms with Crippen molar-refractivity contribution in [2.75, 3.05) is 11.9 Å². The second-order valence-electron chi connectivity index (χ2n) is 9.13. The zero-order chi connectivity index (χ0) is 23.5. The van der Waals surface area contributed by atoms with Gasteiger partial charge in [0.15, 0.2) is 0 Å². The van der Waals surface area contributed by atoms with Crippen molar-refractivity contribution in [2.45, 2.75) is 52.4 Å². The number of nitrogens with zero attached hydrogens (tertiary/aromatic N) is 3. The number of hydrogen-bond donors (Lipinski definition) is 2. The number of anilines is 1. The highest BCUT2D eigenvalue weighted by Crippen LogP contribution is 2.40. The van der Waals surface area contributed by atoms with Gasteiger partial charge >= 0.3 is 0 Å². The molecule has 1 aromatic carbocycles. The van der Waals surface area contributed by atoms with Crippen molar-refractivity contribution < 1.29 is 9.84 Å². The lowest BCUT2D eigenvalue weighted by Crippen LogP contribution is -2.32. The van der Waals surface area contributed by atoms with E-state index in [4.69, 9.17) is 26.3 Å². The number of nitrogens with one attached hydrogen (secondary N) is 1. The lowest BCUT2D eigenvalue weighted by Gasteiger charge is -2.32. The van der Waals surface area contributed by atoms with Crippen molar-refractivity contribution >= 4 is 49.3 Å². The van der Waals surface area contributed by atoms with E-state index in [2.05, 4.69) is 19.2 Å². The quantitative estimate of drug-likeness (QED) is 0.440. The third kappa shape index (κ3) is 3.91. The van der Waals surface area contributed by atoms with Gasteiger partial charge in [-0.05, 0) is 51.5 Å². The summed E-state index contributed by atoms with van der Waals surface area (Å²) in [4.78, 5) is 24.3. The number of thiophene rings is 1. The van der Waals surface area contributed by atoms with Gasteiger partial charge in [-0.3, -0.25) is 4.79 Å². The number of pyridine rings is 1. The fourth-order valence-electron chi connectivity index (χ4n) is 4.30.